The van der Waals surface area contributed by atoms with Gasteiger partial charge in [0.1, 0.15) is 5.60 Å². The Morgan fingerprint density at radius 2 is 1.58 bits per heavy atom. The first-order valence-corrected chi connectivity index (χ1v) is 8.49. The lowest BCUT2D eigenvalue weighted by molar-refractivity contribution is -0.263. The van der Waals surface area contributed by atoms with E-state index in [1.165, 1.54) is 20.8 Å². The average Bonchev–Trinajstić information content (AvgIpc) is 2.80. The van der Waals surface area contributed by atoms with Crippen LogP contribution in [0, 0.1) is 39.4 Å². The van der Waals surface area contributed by atoms with Gasteiger partial charge in [-0.3, -0.25) is 4.79 Å². The van der Waals surface area contributed by atoms with E-state index in [2.05, 4.69) is 6.07 Å². The van der Waals surface area contributed by atoms with Gasteiger partial charge < -0.3 is 4.74 Å². The number of nitriles is 1. The highest BCUT2D eigenvalue weighted by Crippen LogP contribution is 2.67. The molecule has 4 bridgehead atoms. The van der Waals surface area contributed by atoms with Crippen LogP contribution in [0.5, 0.6) is 0 Å². The number of carbonyl (C=O) groups excluding carboxylic acids is 1. The molecule has 0 N–H and O–H groups in total. The molecular formula is C18H24F3NO2. The molecule has 0 heterocycles. The van der Waals surface area contributed by atoms with Gasteiger partial charge in [0.15, 0.2) is 5.41 Å². The van der Waals surface area contributed by atoms with Crippen molar-refractivity contribution in [1.82, 2.24) is 0 Å². The number of halogens is 3. The lowest BCUT2D eigenvalue weighted by Gasteiger charge is -2.46. The number of ether oxygens (including phenoxy) is 1. The second kappa shape index (κ2) is 4.68. The van der Waals surface area contributed by atoms with E-state index in [9.17, 15) is 23.2 Å². The van der Waals surface area contributed by atoms with Crippen molar-refractivity contribution in [3.05, 3.63) is 0 Å². The second-order valence-electron chi connectivity index (χ2n) is 9.35. The molecule has 4 aliphatic carbocycles. The van der Waals surface area contributed by atoms with Crippen LogP contribution in [-0.2, 0) is 9.53 Å². The molecule has 0 aliphatic heterocycles. The third-order valence-electron chi connectivity index (χ3n) is 6.92. The first-order chi connectivity index (χ1) is 10.8. The van der Waals surface area contributed by atoms with Crippen molar-refractivity contribution in [1.29, 1.82) is 5.26 Å². The molecule has 4 aliphatic rings. The monoisotopic (exact) mass is 343 g/mol. The summed E-state index contributed by atoms with van der Waals surface area (Å²) in [6, 6.07) is 2.35. The Morgan fingerprint density at radius 3 is 1.96 bits per heavy atom. The fraction of sp³-hybridized carbons (Fsp3) is 0.889. The minimum atomic E-state index is -4.69. The van der Waals surface area contributed by atoms with Crippen LogP contribution in [-0.4, -0.2) is 17.7 Å². The van der Waals surface area contributed by atoms with E-state index in [1.807, 2.05) is 0 Å². The Bertz CT molecular complexity index is 583. The third kappa shape index (κ3) is 2.19. The molecule has 3 unspecified atom stereocenters. The van der Waals surface area contributed by atoms with Crippen LogP contribution in [0.2, 0.25) is 0 Å². The van der Waals surface area contributed by atoms with Crippen LogP contribution in [0.4, 0.5) is 13.2 Å². The summed E-state index contributed by atoms with van der Waals surface area (Å²) in [5.74, 6) is -0.589. The molecule has 0 aromatic heterocycles. The minimum Gasteiger partial charge on any atom is -0.458 e. The maximum atomic E-state index is 13.7. The summed E-state index contributed by atoms with van der Waals surface area (Å²) in [7, 11) is 0. The van der Waals surface area contributed by atoms with E-state index in [0.29, 0.717) is 31.1 Å². The second-order valence-corrected chi connectivity index (χ2v) is 9.35. The molecule has 0 spiro atoms. The molecule has 3 atom stereocenters. The summed E-state index contributed by atoms with van der Waals surface area (Å²) in [6.07, 6.45) is -1.52. The van der Waals surface area contributed by atoms with Gasteiger partial charge in [-0.25, -0.2) is 0 Å². The maximum absolute atomic E-state index is 13.7. The first-order valence-electron chi connectivity index (χ1n) is 8.49. The summed E-state index contributed by atoms with van der Waals surface area (Å²) < 4.78 is 46.8. The van der Waals surface area contributed by atoms with Crippen molar-refractivity contribution >= 4 is 5.97 Å². The lowest BCUT2D eigenvalue weighted by Crippen LogP contribution is -2.55. The van der Waals surface area contributed by atoms with Crippen LogP contribution in [0.25, 0.3) is 0 Å². The van der Waals surface area contributed by atoms with Gasteiger partial charge in [0.2, 0.25) is 0 Å². The number of nitrogens with zero attached hydrogens (tertiary/aromatic N) is 1. The van der Waals surface area contributed by atoms with E-state index < -0.39 is 34.0 Å². The number of carbonyl (C=O) groups is 1. The van der Waals surface area contributed by atoms with Gasteiger partial charge in [-0.05, 0) is 49.9 Å². The topological polar surface area (TPSA) is 50.1 Å². The summed E-state index contributed by atoms with van der Waals surface area (Å²) >= 11 is 0. The molecule has 134 valence electrons. The number of hydrogen-bond donors (Lipinski definition) is 0. The van der Waals surface area contributed by atoms with Gasteiger partial charge >= 0.3 is 12.1 Å². The Labute approximate surface area is 140 Å². The zero-order chi connectivity index (χ0) is 18.2. The molecule has 3 nitrogen and oxygen atoms in total. The van der Waals surface area contributed by atoms with E-state index in [0.717, 1.165) is 19.8 Å². The minimum absolute atomic E-state index is 0.304. The molecule has 0 amide bonds. The first kappa shape index (κ1) is 17.6. The van der Waals surface area contributed by atoms with Crippen molar-refractivity contribution in [3.63, 3.8) is 0 Å². The molecule has 0 aromatic rings. The Morgan fingerprint density at radius 1 is 1.08 bits per heavy atom. The normalized spacial score (nSPS) is 40.2. The Kier molecular flexibility index (Phi) is 3.42. The standard InChI is InChI=1S/C18H24F3NO2/c1-14(2,3)15(4,18(19,20)21)13(23)24-17-7-11-5-16(9-17,10-22)6-12(11)8-17/h11-12H,5-9H2,1-4H3. The van der Waals surface area contributed by atoms with Crippen LogP contribution >= 0.6 is 0 Å². The van der Waals surface area contributed by atoms with Gasteiger partial charge in [0, 0.05) is 6.42 Å². The lowest BCUT2D eigenvalue weighted by atomic mass is 9.66. The Balaban J connectivity index is 1.89. The summed E-state index contributed by atoms with van der Waals surface area (Å²) in [5.41, 5.74) is -5.28. The molecule has 4 rings (SSSR count). The highest BCUT2D eigenvalue weighted by molar-refractivity contribution is 5.79. The number of alkyl halides is 3. The molecule has 6 heteroatoms. The summed E-state index contributed by atoms with van der Waals surface area (Å²) in [5, 5.41) is 9.50. The van der Waals surface area contributed by atoms with Crippen molar-refractivity contribution in [2.45, 2.75) is 71.6 Å². The van der Waals surface area contributed by atoms with Gasteiger partial charge in [-0.15, -0.1) is 0 Å². The smallest absolute Gasteiger partial charge is 0.405 e. The van der Waals surface area contributed by atoms with Crippen molar-refractivity contribution in [3.8, 4) is 6.07 Å². The molecule has 4 saturated carbocycles. The SMILES string of the molecule is CC(C)(C)C(C)(C(=O)OC12CC3CC(C#N)(CC3C1)C2)C(F)(F)F. The summed E-state index contributed by atoms with van der Waals surface area (Å²) in [6.45, 7) is 5.16. The molecular weight excluding hydrogens is 319 g/mol. The Hall–Kier alpha value is -1.25. The van der Waals surface area contributed by atoms with Gasteiger partial charge in [-0.1, -0.05) is 20.8 Å². The van der Waals surface area contributed by atoms with Crippen LogP contribution in [0.15, 0.2) is 0 Å². The van der Waals surface area contributed by atoms with Crippen LogP contribution in [0.1, 0.15) is 59.8 Å². The molecule has 0 radical (unpaired) electrons. The number of hydrogen-bond acceptors (Lipinski definition) is 3. The highest BCUT2D eigenvalue weighted by Gasteiger charge is 2.68. The van der Waals surface area contributed by atoms with E-state index in [-0.39, 0.29) is 0 Å². The predicted molar refractivity (Wildman–Crippen MR) is 80.6 cm³/mol. The van der Waals surface area contributed by atoms with Gasteiger partial charge in [-0.2, -0.15) is 18.4 Å². The maximum Gasteiger partial charge on any atom is 0.405 e. The molecule has 0 aromatic carbocycles. The highest BCUT2D eigenvalue weighted by atomic mass is 19.4. The summed E-state index contributed by atoms with van der Waals surface area (Å²) in [4.78, 5) is 12.7. The van der Waals surface area contributed by atoms with E-state index in [1.54, 1.807) is 0 Å². The molecule has 0 saturated heterocycles. The average molecular weight is 343 g/mol. The van der Waals surface area contributed by atoms with Crippen LogP contribution < -0.4 is 0 Å². The molecule has 4 fully saturated rings. The quantitative estimate of drug-likeness (QED) is 0.688. The number of esters is 1. The zero-order valence-corrected chi connectivity index (χ0v) is 14.6. The third-order valence-corrected chi connectivity index (χ3v) is 6.92. The fourth-order valence-electron chi connectivity index (χ4n) is 5.24. The predicted octanol–water partition coefficient (Wildman–Crippen LogP) is 4.62. The van der Waals surface area contributed by atoms with E-state index in [4.69, 9.17) is 4.74 Å². The van der Waals surface area contributed by atoms with Crippen LogP contribution in [0.3, 0.4) is 0 Å². The van der Waals surface area contributed by atoms with E-state index >= 15 is 0 Å². The van der Waals surface area contributed by atoms with Gasteiger partial charge in [0.25, 0.3) is 0 Å². The molecule has 24 heavy (non-hydrogen) atoms. The fourth-order valence-corrected chi connectivity index (χ4v) is 5.24. The van der Waals surface area contributed by atoms with Gasteiger partial charge in [0.05, 0.1) is 11.5 Å². The largest absolute Gasteiger partial charge is 0.458 e. The van der Waals surface area contributed by atoms with Crippen molar-refractivity contribution < 1.29 is 22.7 Å². The van der Waals surface area contributed by atoms with Crippen molar-refractivity contribution in [2.24, 2.45) is 28.1 Å². The van der Waals surface area contributed by atoms with Crippen molar-refractivity contribution in [2.75, 3.05) is 0 Å². The zero-order valence-electron chi connectivity index (χ0n) is 14.6. The number of rotatable bonds is 2.